The molecule has 0 amide bonds. The van der Waals surface area contributed by atoms with E-state index in [9.17, 15) is 9.90 Å². The number of rotatable bonds is 1. The van der Waals surface area contributed by atoms with Crippen molar-refractivity contribution in [3.8, 4) is 28.4 Å². The fourth-order valence-electron chi connectivity index (χ4n) is 2.11. The zero-order valence-electron chi connectivity index (χ0n) is 10.7. The lowest BCUT2D eigenvalue weighted by Crippen LogP contribution is -2.03. The first kappa shape index (κ1) is 12.8. The van der Waals surface area contributed by atoms with Crippen LogP contribution in [0, 0.1) is 6.92 Å². The summed E-state index contributed by atoms with van der Waals surface area (Å²) in [6.45, 7) is 1.89. The summed E-state index contributed by atoms with van der Waals surface area (Å²) in [7, 11) is 0. The van der Waals surface area contributed by atoms with Crippen LogP contribution in [0.25, 0.3) is 22.6 Å². The van der Waals surface area contributed by atoms with E-state index in [0.29, 0.717) is 27.7 Å². The molecule has 0 fully saturated rings. The minimum Gasteiger partial charge on any atom is -0.507 e. The number of fused-ring (bicyclic) bond motifs is 1. The van der Waals surface area contributed by atoms with E-state index >= 15 is 0 Å². The van der Waals surface area contributed by atoms with Gasteiger partial charge in [-0.2, -0.15) is 0 Å². The van der Waals surface area contributed by atoms with Crippen molar-refractivity contribution in [2.45, 2.75) is 6.92 Å². The van der Waals surface area contributed by atoms with Crippen molar-refractivity contribution >= 4 is 11.6 Å². The Bertz CT molecular complexity index is 820. The number of halogens is 1. The second-order valence-electron chi connectivity index (χ2n) is 4.61. The van der Waals surface area contributed by atoms with Crippen LogP contribution < -0.4 is 5.43 Å². The Hall–Kier alpha value is -2.26. The molecule has 2 aliphatic rings. The molecule has 3 nitrogen and oxygen atoms in total. The number of hydrogen-bond donors (Lipinski definition) is 1. The lowest BCUT2D eigenvalue weighted by atomic mass is 10.1. The minimum absolute atomic E-state index is 0.127. The SMILES string of the molecule is Cc1ccc(-c2ccc3c(=O)ccc(Cl)c-3o2)c(O)c1. The zero-order chi connectivity index (χ0) is 14.3. The van der Waals surface area contributed by atoms with Crippen LogP contribution in [0.3, 0.4) is 0 Å². The standard InChI is InChI=1S/C16H11ClO3/c1-9-2-3-10(14(19)8-9)15-7-4-11-13(18)6-5-12(17)16(11)20-15/h2-8,19H,1H3. The van der Waals surface area contributed by atoms with E-state index in [1.165, 1.54) is 12.1 Å². The van der Waals surface area contributed by atoms with Crippen molar-refractivity contribution in [2.24, 2.45) is 0 Å². The maximum Gasteiger partial charge on any atom is 0.189 e. The number of phenols is 1. The molecule has 0 spiro atoms. The molecular weight excluding hydrogens is 276 g/mol. The Morgan fingerprint density at radius 3 is 2.55 bits per heavy atom. The second-order valence-corrected chi connectivity index (χ2v) is 5.02. The van der Waals surface area contributed by atoms with E-state index in [1.807, 2.05) is 13.0 Å². The summed E-state index contributed by atoms with van der Waals surface area (Å²) < 4.78 is 5.69. The number of benzene rings is 2. The summed E-state index contributed by atoms with van der Waals surface area (Å²) >= 11 is 6.06. The minimum atomic E-state index is -0.146. The Morgan fingerprint density at radius 1 is 1.05 bits per heavy atom. The fraction of sp³-hybridized carbons (Fsp3) is 0.0625. The lowest BCUT2D eigenvalue weighted by molar-refractivity contribution is 0.473. The average molecular weight is 287 g/mol. The smallest absolute Gasteiger partial charge is 0.189 e. The highest BCUT2D eigenvalue weighted by Gasteiger charge is 2.15. The topological polar surface area (TPSA) is 50.4 Å². The first-order chi connectivity index (χ1) is 9.56. The normalized spacial score (nSPS) is 10.9. The first-order valence-electron chi connectivity index (χ1n) is 6.08. The molecule has 0 atom stereocenters. The quantitative estimate of drug-likeness (QED) is 0.733. The van der Waals surface area contributed by atoms with Gasteiger partial charge in [0.2, 0.25) is 0 Å². The lowest BCUT2D eigenvalue weighted by Gasteiger charge is -2.10. The van der Waals surface area contributed by atoms with E-state index in [2.05, 4.69) is 0 Å². The van der Waals surface area contributed by atoms with E-state index in [0.717, 1.165) is 5.56 Å². The number of aryl methyl sites for hydroxylation is 1. The highest BCUT2D eigenvalue weighted by molar-refractivity contribution is 6.32. The summed E-state index contributed by atoms with van der Waals surface area (Å²) in [5.74, 6) is 0.918. The van der Waals surface area contributed by atoms with E-state index in [-0.39, 0.29) is 11.2 Å². The molecule has 0 bridgehead atoms. The van der Waals surface area contributed by atoms with E-state index in [1.54, 1.807) is 24.3 Å². The van der Waals surface area contributed by atoms with Crippen LogP contribution in [-0.2, 0) is 0 Å². The van der Waals surface area contributed by atoms with Gasteiger partial charge >= 0.3 is 0 Å². The Kier molecular flexibility index (Phi) is 2.99. The van der Waals surface area contributed by atoms with Crippen molar-refractivity contribution in [1.29, 1.82) is 0 Å². The van der Waals surface area contributed by atoms with Crippen LogP contribution in [0.15, 0.2) is 51.7 Å². The van der Waals surface area contributed by atoms with Crippen LogP contribution in [0.1, 0.15) is 5.56 Å². The molecule has 20 heavy (non-hydrogen) atoms. The number of phenolic OH excluding ortho intramolecular Hbond substituents is 1. The van der Waals surface area contributed by atoms with Crippen LogP contribution in [0.2, 0.25) is 5.02 Å². The maximum atomic E-state index is 11.7. The van der Waals surface area contributed by atoms with E-state index < -0.39 is 0 Å². The summed E-state index contributed by atoms with van der Waals surface area (Å²) in [6, 6.07) is 11.5. The molecule has 3 rings (SSSR count). The molecule has 0 radical (unpaired) electrons. The Balaban J connectivity index is 2.26. The molecule has 4 heteroatoms. The Morgan fingerprint density at radius 2 is 1.80 bits per heavy atom. The van der Waals surface area contributed by atoms with Gasteiger partial charge in [0.1, 0.15) is 11.5 Å². The van der Waals surface area contributed by atoms with Crippen LogP contribution in [0.5, 0.6) is 5.75 Å². The largest absolute Gasteiger partial charge is 0.507 e. The highest BCUT2D eigenvalue weighted by atomic mass is 35.5. The van der Waals surface area contributed by atoms with Crippen LogP contribution in [0.4, 0.5) is 0 Å². The van der Waals surface area contributed by atoms with Gasteiger partial charge in [-0.05, 0) is 48.9 Å². The van der Waals surface area contributed by atoms with Gasteiger partial charge in [-0.25, -0.2) is 0 Å². The monoisotopic (exact) mass is 286 g/mol. The van der Waals surface area contributed by atoms with Gasteiger partial charge in [0.15, 0.2) is 11.2 Å². The van der Waals surface area contributed by atoms with Gasteiger partial charge in [-0.15, -0.1) is 0 Å². The van der Waals surface area contributed by atoms with Crippen molar-refractivity contribution in [3.05, 3.63) is 63.3 Å². The number of aromatic hydroxyl groups is 1. The van der Waals surface area contributed by atoms with Gasteiger partial charge in [0.25, 0.3) is 0 Å². The van der Waals surface area contributed by atoms with Crippen molar-refractivity contribution in [3.63, 3.8) is 0 Å². The predicted molar refractivity (Wildman–Crippen MR) is 78.4 cm³/mol. The zero-order valence-corrected chi connectivity index (χ0v) is 11.4. The molecule has 0 saturated heterocycles. The third kappa shape index (κ3) is 2.06. The molecule has 1 aromatic rings. The molecule has 1 N–H and O–H groups in total. The van der Waals surface area contributed by atoms with Gasteiger partial charge in [0.05, 0.1) is 16.1 Å². The van der Waals surface area contributed by atoms with Gasteiger partial charge in [-0.3, -0.25) is 4.79 Å². The maximum absolute atomic E-state index is 11.7. The highest BCUT2D eigenvalue weighted by Crippen LogP contribution is 2.35. The average Bonchev–Trinajstić information content (AvgIpc) is 2.43. The van der Waals surface area contributed by atoms with Crippen LogP contribution >= 0.6 is 11.6 Å². The number of hydrogen-bond acceptors (Lipinski definition) is 3. The molecule has 1 heterocycles. The summed E-state index contributed by atoms with van der Waals surface area (Å²) in [6.07, 6.45) is 0. The molecule has 0 saturated carbocycles. The van der Waals surface area contributed by atoms with Gasteiger partial charge < -0.3 is 9.52 Å². The van der Waals surface area contributed by atoms with E-state index in [4.69, 9.17) is 16.0 Å². The second kappa shape index (κ2) is 4.69. The van der Waals surface area contributed by atoms with Crippen LogP contribution in [-0.4, -0.2) is 5.11 Å². The fourth-order valence-corrected chi connectivity index (χ4v) is 2.32. The molecule has 1 aromatic carbocycles. The van der Waals surface area contributed by atoms with Crippen molar-refractivity contribution < 1.29 is 9.52 Å². The third-order valence-corrected chi connectivity index (χ3v) is 3.44. The summed E-state index contributed by atoms with van der Waals surface area (Å²) in [4.78, 5) is 11.7. The molecule has 0 aromatic heterocycles. The molecule has 100 valence electrons. The van der Waals surface area contributed by atoms with Gasteiger partial charge in [-0.1, -0.05) is 17.7 Å². The first-order valence-corrected chi connectivity index (χ1v) is 6.46. The van der Waals surface area contributed by atoms with Crippen molar-refractivity contribution in [1.82, 2.24) is 0 Å². The summed E-state index contributed by atoms with van der Waals surface area (Å²) in [5.41, 5.74) is 1.79. The molecular formula is C16H11ClO3. The molecule has 1 aliphatic heterocycles. The Labute approximate surface area is 120 Å². The molecule has 1 aliphatic carbocycles. The molecule has 0 unspecified atom stereocenters. The third-order valence-electron chi connectivity index (χ3n) is 3.14. The van der Waals surface area contributed by atoms with Gasteiger partial charge in [0, 0.05) is 0 Å². The predicted octanol–water partition coefficient (Wildman–Crippen LogP) is 4.08. The van der Waals surface area contributed by atoms with Crippen molar-refractivity contribution in [2.75, 3.05) is 0 Å². The summed E-state index contributed by atoms with van der Waals surface area (Å²) in [5, 5.41) is 10.4.